The Hall–Kier alpha value is -3.28. The van der Waals surface area contributed by atoms with Gasteiger partial charge in [-0.25, -0.2) is 13.2 Å². The minimum atomic E-state index is -4.01. The summed E-state index contributed by atoms with van der Waals surface area (Å²) in [5, 5.41) is 18.9. The number of hydrogen-bond donors (Lipinski definition) is 2. The summed E-state index contributed by atoms with van der Waals surface area (Å²) in [6.07, 6.45) is 1.21. The van der Waals surface area contributed by atoms with E-state index in [9.17, 15) is 18.5 Å². The van der Waals surface area contributed by atoms with Crippen LogP contribution < -0.4 is 4.72 Å². The van der Waals surface area contributed by atoms with Gasteiger partial charge >= 0.3 is 5.97 Å². The molecular weight excluding hydrogens is 414 g/mol. The van der Waals surface area contributed by atoms with Gasteiger partial charge in [0.2, 0.25) is 0 Å². The largest absolute Gasteiger partial charge is 0.477 e. The summed E-state index contributed by atoms with van der Waals surface area (Å²) in [6.45, 7) is 0. The average molecular weight is 430 g/mol. The van der Waals surface area contributed by atoms with E-state index in [0.29, 0.717) is 5.56 Å². The highest BCUT2D eigenvalue weighted by Gasteiger charge is 2.22. The van der Waals surface area contributed by atoms with Crippen molar-refractivity contribution >= 4 is 33.3 Å². The summed E-state index contributed by atoms with van der Waals surface area (Å²) < 4.78 is 28.8. The van der Waals surface area contributed by atoms with E-state index in [1.807, 2.05) is 30.3 Å². The van der Waals surface area contributed by atoms with E-state index in [4.69, 9.17) is 16.7 Å². The molecule has 0 saturated heterocycles. The summed E-state index contributed by atoms with van der Waals surface area (Å²) >= 11 is 6.33. The fraction of sp³-hybridized carbons (Fsp3) is 0.100. The molecule has 148 valence electrons. The highest BCUT2D eigenvalue weighted by atomic mass is 35.5. The number of anilines is 1. The molecular formula is C20H16ClN3O4S. The topological polar surface area (TPSA) is 112 Å². The lowest BCUT2D eigenvalue weighted by atomic mass is 9.92. The Morgan fingerprint density at radius 2 is 1.90 bits per heavy atom. The fourth-order valence-electron chi connectivity index (χ4n) is 2.90. The first-order valence-corrected chi connectivity index (χ1v) is 10.3. The maximum atomic E-state index is 12.6. The summed E-state index contributed by atoms with van der Waals surface area (Å²) in [5.74, 6) is -1.83. The van der Waals surface area contributed by atoms with Crippen molar-refractivity contribution in [3.63, 3.8) is 0 Å². The Kier molecular flexibility index (Phi) is 5.64. The molecule has 29 heavy (non-hydrogen) atoms. The number of carboxylic acids is 1. The summed E-state index contributed by atoms with van der Waals surface area (Å²) in [5.41, 5.74) is 1.37. The Morgan fingerprint density at radius 3 is 2.45 bits per heavy atom. The Labute approximate surface area is 172 Å². The first kappa shape index (κ1) is 20.5. The van der Waals surface area contributed by atoms with Gasteiger partial charge in [-0.2, -0.15) is 5.26 Å². The van der Waals surface area contributed by atoms with E-state index in [2.05, 4.69) is 10.8 Å². The highest BCUT2D eigenvalue weighted by Crippen LogP contribution is 2.32. The van der Waals surface area contributed by atoms with Crippen LogP contribution in [-0.2, 0) is 17.1 Å². The van der Waals surface area contributed by atoms with Gasteiger partial charge in [0, 0.05) is 18.3 Å². The summed E-state index contributed by atoms with van der Waals surface area (Å²) in [7, 11) is -2.57. The lowest BCUT2D eigenvalue weighted by molar-refractivity contribution is 0.0686. The second-order valence-electron chi connectivity index (χ2n) is 6.29. The maximum Gasteiger partial charge on any atom is 0.352 e. The molecule has 3 rings (SSSR count). The van der Waals surface area contributed by atoms with Gasteiger partial charge in [0.15, 0.2) is 0 Å². The number of aromatic nitrogens is 1. The number of halogens is 1. The van der Waals surface area contributed by atoms with Crippen LogP contribution in [0, 0.1) is 11.3 Å². The number of nitrogens with one attached hydrogen (secondary N) is 1. The molecule has 1 aromatic heterocycles. The molecule has 0 aliphatic heterocycles. The number of benzene rings is 2. The average Bonchev–Trinajstić information content (AvgIpc) is 3.08. The van der Waals surface area contributed by atoms with Crippen LogP contribution in [0.2, 0.25) is 5.02 Å². The molecule has 0 amide bonds. The van der Waals surface area contributed by atoms with Crippen molar-refractivity contribution in [3.8, 4) is 6.07 Å². The third-order valence-corrected chi connectivity index (χ3v) is 6.01. The molecule has 0 saturated carbocycles. The van der Waals surface area contributed by atoms with E-state index in [0.717, 1.165) is 11.6 Å². The van der Waals surface area contributed by atoms with Crippen molar-refractivity contribution in [3.05, 3.63) is 82.6 Å². The third-order valence-electron chi connectivity index (χ3n) is 4.33. The third kappa shape index (κ3) is 4.26. The molecule has 2 aromatic carbocycles. The zero-order valence-electron chi connectivity index (χ0n) is 15.2. The van der Waals surface area contributed by atoms with Crippen LogP contribution in [0.3, 0.4) is 0 Å². The van der Waals surface area contributed by atoms with Crippen LogP contribution in [0.1, 0.15) is 27.5 Å². The van der Waals surface area contributed by atoms with E-state index >= 15 is 0 Å². The van der Waals surface area contributed by atoms with E-state index < -0.39 is 21.9 Å². The SMILES string of the molecule is Cn1cc(S(=O)(=O)Nc2ccc([C@@H](C#N)c3ccccc3)c(Cl)c2)cc1C(=O)O. The number of aromatic carboxylic acids is 1. The van der Waals surface area contributed by atoms with Gasteiger partial charge in [-0.1, -0.05) is 48.0 Å². The first-order valence-electron chi connectivity index (χ1n) is 8.39. The lowest BCUT2D eigenvalue weighted by Crippen LogP contribution is -2.12. The fourth-order valence-corrected chi connectivity index (χ4v) is 4.31. The molecule has 0 bridgehead atoms. The van der Waals surface area contributed by atoms with Crippen molar-refractivity contribution < 1.29 is 18.3 Å². The molecule has 1 heterocycles. The predicted molar refractivity (Wildman–Crippen MR) is 109 cm³/mol. The second kappa shape index (κ2) is 7.99. The van der Waals surface area contributed by atoms with Gasteiger partial charge in [-0.05, 0) is 29.3 Å². The number of carboxylic acid groups (broad SMARTS) is 1. The van der Waals surface area contributed by atoms with Crippen LogP contribution in [0.25, 0.3) is 0 Å². The molecule has 0 fully saturated rings. The van der Waals surface area contributed by atoms with Crippen LogP contribution in [0.4, 0.5) is 5.69 Å². The molecule has 0 spiro atoms. The van der Waals surface area contributed by atoms with E-state index in [1.165, 1.54) is 29.9 Å². The number of carbonyl (C=O) groups is 1. The summed E-state index contributed by atoms with van der Waals surface area (Å²) in [4.78, 5) is 10.9. The second-order valence-corrected chi connectivity index (χ2v) is 8.38. The molecule has 0 aliphatic rings. The minimum Gasteiger partial charge on any atom is -0.477 e. The predicted octanol–water partition coefficient (Wildman–Crippen LogP) is 3.83. The molecule has 7 nitrogen and oxygen atoms in total. The number of aryl methyl sites for hydroxylation is 1. The van der Waals surface area contributed by atoms with E-state index in [1.54, 1.807) is 6.07 Å². The first-order chi connectivity index (χ1) is 13.7. The van der Waals surface area contributed by atoms with Crippen LogP contribution in [-0.4, -0.2) is 24.1 Å². The van der Waals surface area contributed by atoms with Gasteiger partial charge < -0.3 is 9.67 Å². The van der Waals surface area contributed by atoms with Crippen molar-refractivity contribution in [1.29, 1.82) is 5.26 Å². The molecule has 1 atom stereocenters. The summed E-state index contributed by atoms with van der Waals surface area (Å²) in [6, 6.07) is 16.9. The number of sulfonamides is 1. The van der Waals surface area contributed by atoms with Crippen molar-refractivity contribution in [1.82, 2.24) is 4.57 Å². The molecule has 2 N–H and O–H groups in total. The van der Waals surface area contributed by atoms with Gasteiger partial charge in [0.1, 0.15) is 10.6 Å². The number of nitriles is 1. The van der Waals surface area contributed by atoms with Gasteiger partial charge in [-0.15, -0.1) is 0 Å². The highest BCUT2D eigenvalue weighted by molar-refractivity contribution is 7.92. The van der Waals surface area contributed by atoms with Crippen molar-refractivity contribution in [2.75, 3.05) is 4.72 Å². The van der Waals surface area contributed by atoms with Crippen LogP contribution in [0.5, 0.6) is 0 Å². The monoisotopic (exact) mass is 429 g/mol. The zero-order chi connectivity index (χ0) is 21.2. The molecule has 0 radical (unpaired) electrons. The quantitative estimate of drug-likeness (QED) is 0.618. The van der Waals surface area contributed by atoms with Gasteiger partial charge in [-0.3, -0.25) is 4.72 Å². The Morgan fingerprint density at radius 1 is 1.21 bits per heavy atom. The lowest BCUT2D eigenvalue weighted by Gasteiger charge is -2.14. The molecule has 0 aliphatic carbocycles. The van der Waals surface area contributed by atoms with Crippen molar-refractivity contribution in [2.24, 2.45) is 7.05 Å². The van der Waals surface area contributed by atoms with Gasteiger partial charge in [0.25, 0.3) is 10.0 Å². The minimum absolute atomic E-state index is 0.154. The number of hydrogen-bond acceptors (Lipinski definition) is 4. The molecule has 9 heteroatoms. The van der Waals surface area contributed by atoms with E-state index in [-0.39, 0.29) is 21.3 Å². The smallest absolute Gasteiger partial charge is 0.352 e. The van der Waals surface area contributed by atoms with Crippen molar-refractivity contribution in [2.45, 2.75) is 10.8 Å². The normalized spacial score (nSPS) is 12.2. The number of nitrogens with zero attached hydrogens (tertiary/aromatic N) is 2. The van der Waals surface area contributed by atoms with Crippen LogP contribution >= 0.6 is 11.6 Å². The van der Waals surface area contributed by atoms with Crippen LogP contribution in [0.15, 0.2) is 65.7 Å². The maximum absolute atomic E-state index is 12.6. The number of rotatable bonds is 6. The van der Waals surface area contributed by atoms with Gasteiger partial charge in [0.05, 0.1) is 17.7 Å². The molecule has 0 unspecified atom stereocenters. The Bertz CT molecular complexity index is 1210. The standard InChI is InChI=1S/C20H16ClN3O4S/c1-24-12-15(10-19(24)20(25)26)29(27,28)23-14-7-8-16(18(21)9-14)17(11-22)13-5-3-2-4-6-13/h2-10,12,17,23H,1H3,(H,25,26)/t17-/m0/s1. The Balaban J connectivity index is 1.90. The zero-order valence-corrected chi connectivity index (χ0v) is 16.8. The molecule has 3 aromatic rings.